The van der Waals surface area contributed by atoms with Crippen LogP contribution in [0.15, 0.2) is 42.5 Å². The number of aliphatic hydroxyl groups excluding tert-OH is 1. The van der Waals surface area contributed by atoms with Crippen LogP contribution in [0.25, 0.3) is 0 Å². The van der Waals surface area contributed by atoms with Crippen LogP contribution in [0.5, 0.6) is 0 Å². The first kappa shape index (κ1) is 18.4. The van der Waals surface area contributed by atoms with E-state index in [1.807, 2.05) is 12.1 Å². The van der Waals surface area contributed by atoms with E-state index < -0.39 is 12.0 Å². The zero-order chi connectivity index (χ0) is 18.5. The zero-order valence-electron chi connectivity index (χ0n) is 15.2. The van der Waals surface area contributed by atoms with Crippen LogP contribution in [0.2, 0.25) is 0 Å². The lowest BCUT2D eigenvalue weighted by molar-refractivity contribution is 0.100. The molecule has 1 amide bonds. The minimum absolute atomic E-state index is 0.288. The molecule has 0 aliphatic carbocycles. The van der Waals surface area contributed by atoms with Crippen molar-refractivity contribution in [1.82, 2.24) is 5.32 Å². The monoisotopic (exact) mass is 353 g/mol. The Labute approximate surface area is 154 Å². The summed E-state index contributed by atoms with van der Waals surface area (Å²) in [6.45, 7) is 3.36. The molecule has 0 saturated heterocycles. The second kappa shape index (κ2) is 8.34. The van der Waals surface area contributed by atoms with Gasteiger partial charge in [0.1, 0.15) is 0 Å². The molecule has 0 spiro atoms. The first-order valence-electron chi connectivity index (χ1n) is 9.20. The van der Waals surface area contributed by atoms with E-state index in [2.05, 4.69) is 41.8 Å². The number of benzene rings is 2. The SMILES string of the molecule is CC(CCc1ccccc1)NCC(O)c1cc2c(c(C(N)=O)c1)NCC2. The summed E-state index contributed by atoms with van der Waals surface area (Å²) in [6.07, 6.45) is 2.17. The molecule has 2 unspecified atom stereocenters. The summed E-state index contributed by atoms with van der Waals surface area (Å²) < 4.78 is 0. The van der Waals surface area contributed by atoms with Crippen LogP contribution in [0.3, 0.4) is 0 Å². The number of aryl methyl sites for hydroxylation is 1. The Morgan fingerprint density at radius 1 is 1.31 bits per heavy atom. The number of primary amides is 1. The standard InChI is InChI=1S/C21H27N3O2/c1-14(7-8-15-5-3-2-4-6-15)24-13-19(25)17-11-16-9-10-23-20(16)18(12-17)21(22)26/h2-6,11-12,14,19,23-25H,7-10,13H2,1H3,(H2,22,26). The molecular formula is C21H27N3O2. The molecule has 3 rings (SSSR count). The predicted molar refractivity (Wildman–Crippen MR) is 104 cm³/mol. The molecule has 0 aromatic heterocycles. The van der Waals surface area contributed by atoms with Crippen LogP contribution >= 0.6 is 0 Å². The number of nitrogens with two attached hydrogens (primary N) is 1. The van der Waals surface area contributed by atoms with Gasteiger partial charge in [-0.2, -0.15) is 0 Å². The third-order valence-electron chi connectivity index (χ3n) is 4.96. The Morgan fingerprint density at radius 2 is 2.08 bits per heavy atom. The second-order valence-electron chi connectivity index (χ2n) is 6.99. The fourth-order valence-corrected chi connectivity index (χ4v) is 3.40. The van der Waals surface area contributed by atoms with Gasteiger partial charge in [-0.3, -0.25) is 4.79 Å². The van der Waals surface area contributed by atoms with Gasteiger partial charge in [0.05, 0.1) is 17.4 Å². The number of carbonyl (C=O) groups excluding carboxylic acids is 1. The highest BCUT2D eigenvalue weighted by Gasteiger charge is 2.21. The van der Waals surface area contributed by atoms with E-state index in [0.717, 1.165) is 42.6 Å². The minimum atomic E-state index is -0.668. The van der Waals surface area contributed by atoms with Crippen molar-refractivity contribution < 1.29 is 9.90 Å². The van der Waals surface area contributed by atoms with Crippen molar-refractivity contribution in [2.45, 2.75) is 38.3 Å². The van der Waals surface area contributed by atoms with Crippen LogP contribution in [-0.2, 0) is 12.8 Å². The highest BCUT2D eigenvalue weighted by molar-refractivity contribution is 6.00. The molecule has 1 aliphatic heterocycles. The third kappa shape index (κ3) is 4.42. The predicted octanol–water partition coefficient (Wildman–Crippen LogP) is 2.40. The average Bonchev–Trinajstić information content (AvgIpc) is 3.12. The van der Waals surface area contributed by atoms with Gasteiger partial charge in [-0.15, -0.1) is 0 Å². The molecule has 0 bridgehead atoms. The van der Waals surface area contributed by atoms with Crippen LogP contribution in [-0.4, -0.2) is 30.1 Å². The van der Waals surface area contributed by atoms with Crippen molar-refractivity contribution in [2.75, 3.05) is 18.4 Å². The van der Waals surface area contributed by atoms with Crippen LogP contribution < -0.4 is 16.4 Å². The first-order chi connectivity index (χ1) is 12.5. The third-order valence-corrected chi connectivity index (χ3v) is 4.96. The van der Waals surface area contributed by atoms with Crippen LogP contribution in [0, 0.1) is 0 Å². The van der Waals surface area contributed by atoms with E-state index in [0.29, 0.717) is 12.1 Å². The quantitative estimate of drug-likeness (QED) is 0.587. The molecule has 5 N–H and O–H groups in total. The van der Waals surface area contributed by atoms with E-state index in [-0.39, 0.29) is 6.04 Å². The zero-order valence-corrected chi connectivity index (χ0v) is 15.2. The maximum Gasteiger partial charge on any atom is 0.250 e. The van der Waals surface area contributed by atoms with Gasteiger partial charge in [0.2, 0.25) is 0 Å². The van der Waals surface area contributed by atoms with Crippen molar-refractivity contribution in [3.05, 3.63) is 64.7 Å². The number of hydrogen-bond donors (Lipinski definition) is 4. The van der Waals surface area contributed by atoms with Gasteiger partial charge in [0, 0.05) is 19.1 Å². The van der Waals surface area contributed by atoms with Gasteiger partial charge in [-0.05, 0) is 48.9 Å². The van der Waals surface area contributed by atoms with Crippen molar-refractivity contribution in [1.29, 1.82) is 0 Å². The van der Waals surface area contributed by atoms with Gasteiger partial charge in [-0.25, -0.2) is 0 Å². The van der Waals surface area contributed by atoms with E-state index in [9.17, 15) is 9.90 Å². The number of hydrogen-bond acceptors (Lipinski definition) is 4. The number of rotatable bonds is 8. The molecule has 0 radical (unpaired) electrons. The molecule has 0 fully saturated rings. The summed E-state index contributed by atoms with van der Waals surface area (Å²) in [4.78, 5) is 11.7. The van der Waals surface area contributed by atoms with Crippen LogP contribution in [0.4, 0.5) is 5.69 Å². The summed E-state index contributed by atoms with van der Waals surface area (Å²) in [5.41, 5.74) is 9.88. The normalized spacial score (nSPS) is 15.2. The highest BCUT2D eigenvalue weighted by Crippen LogP contribution is 2.30. The summed E-state index contributed by atoms with van der Waals surface area (Å²) >= 11 is 0. The Balaban J connectivity index is 1.57. The van der Waals surface area contributed by atoms with Gasteiger partial charge in [0.25, 0.3) is 5.91 Å². The highest BCUT2D eigenvalue weighted by atomic mass is 16.3. The van der Waals surface area contributed by atoms with E-state index in [1.165, 1.54) is 5.56 Å². The number of amides is 1. The molecule has 1 heterocycles. The number of aliphatic hydroxyl groups is 1. The fourth-order valence-electron chi connectivity index (χ4n) is 3.40. The lowest BCUT2D eigenvalue weighted by Crippen LogP contribution is -2.31. The molecule has 26 heavy (non-hydrogen) atoms. The molecule has 138 valence electrons. The number of anilines is 1. The topological polar surface area (TPSA) is 87.4 Å². The van der Waals surface area contributed by atoms with Gasteiger partial charge in [-0.1, -0.05) is 36.4 Å². The Morgan fingerprint density at radius 3 is 2.81 bits per heavy atom. The number of fused-ring (bicyclic) bond motifs is 1. The molecular weight excluding hydrogens is 326 g/mol. The Kier molecular flexibility index (Phi) is 5.91. The molecule has 2 atom stereocenters. The second-order valence-corrected chi connectivity index (χ2v) is 6.99. The minimum Gasteiger partial charge on any atom is -0.387 e. The summed E-state index contributed by atoms with van der Waals surface area (Å²) in [5, 5.41) is 17.1. The fraction of sp³-hybridized carbons (Fsp3) is 0.381. The maximum atomic E-state index is 11.7. The Hall–Kier alpha value is -2.37. The van der Waals surface area contributed by atoms with Crippen molar-refractivity contribution in [3.63, 3.8) is 0 Å². The number of nitrogens with one attached hydrogen (secondary N) is 2. The first-order valence-corrected chi connectivity index (χ1v) is 9.20. The molecule has 2 aromatic rings. The van der Waals surface area contributed by atoms with Crippen molar-refractivity contribution in [3.8, 4) is 0 Å². The molecule has 5 heteroatoms. The van der Waals surface area contributed by atoms with Crippen molar-refractivity contribution in [2.24, 2.45) is 5.73 Å². The van der Waals surface area contributed by atoms with Crippen LogP contribution in [0.1, 0.15) is 46.5 Å². The smallest absolute Gasteiger partial charge is 0.250 e. The molecule has 1 aliphatic rings. The molecule has 5 nitrogen and oxygen atoms in total. The van der Waals surface area contributed by atoms with E-state index in [4.69, 9.17) is 5.73 Å². The van der Waals surface area contributed by atoms with Gasteiger partial charge in [0.15, 0.2) is 0 Å². The summed E-state index contributed by atoms with van der Waals surface area (Å²) in [5.74, 6) is -0.464. The maximum absolute atomic E-state index is 11.7. The average molecular weight is 353 g/mol. The largest absolute Gasteiger partial charge is 0.387 e. The van der Waals surface area contributed by atoms with E-state index >= 15 is 0 Å². The number of carbonyl (C=O) groups is 1. The Bertz CT molecular complexity index is 761. The van der Waals surface area contributed by atoms with E-state index in [1.54, 1.807) is 6.07 Å². The molecule has 2 aromatic carbocycles. The lowest BCUT2D eigenvalue weighted by Gasteiger charge is -2.19. The van der Waals surface area contributed by atoms with Crippen molar-refractivity contribution >= 4 is 11.6 Å². The summed E-state index contributed by atoms with van der Waals surface area (Å²) in [7, 11) is 0. The molecule has 0 saturated carbocycles. The van der Waals surface area contributed by atoms with Gasteiger partial charge >= 0.3 is 0 Å². The lowest BCUT2D eigenvalue weighted by atomic mass is 9.98. The summed E-state index contributed by atoms with van der Waals surface area (Å²) in [6, 6.07) is 14.4. The van der Waals surface area contributed by atoms with Gasteiger partial charge < -0.3 is 21.5 Å².